The zero-order chi connectivity index (χ0) is 16.1. The number of nitrogens with zero attached hydrogens (tertiary/aromatic N) is 1. The number of hydrogen-bond acceptors (Lipinski definition) is 3. The summed E-state index contributed by atoms with van der Waals surface area (Å²) < 4.78 is 5.23. The summed E-state index contributed by atoms with van der Waals surface area (Å²) in [7, 11) is 1.55. The first-order chi connectivity index (χ1) is 10.5. The Morgan fingerprint density at radius 3 is 2.64 bits per heavy atom. The molecule has 2 rings (SSSR count). The van der Waals surface area contributed by atoms with Crippen LogP contribution in [0.1, 0.15) is 26.2 Å². The van der Waals surface area contributed by atoms with Crippen molar-refractivity contribution >= 4 is 29.1 Å². The van der Waals surface area contributed by atoms with Crippen molar-refractivity contribution in [3.8, 4) is 5.75 Å². The Hall–Kier alpha value is -1.75. The van der Waals surface area contributed by atoms with Gasteiger partial charge in [-0.25, -0.2) is 0 Å². The Balaban J connectivity index is 1.96. The van der Waals surface area contributed by atoms with Gasteiger partial charge in [-0.3, -0.25) is 9.59 Å². The van der Waals surface area contributed by atoms with Gasteiger partial charge in [-0.2, -0.15) is 0 Å². The molecule has 22 heavy (non-hydrogen) atoms. The summed E-state index contributed by atoms with van der Waals surface area (Å²) in [4.78, 5) is 25.9. The number of carbonyl (C=O) groups excluding carboxylic acids is 2. The van der Waals surface area contributed by atoms with Gasteiger partial charge in [0.15, 0.2) is 0 Å². The maximum absolute atomic E-state index is 12.4. The zero-order valence-electron chi connectivity index (χ0n) is 12.9. The lowest BCUT2D eigenvalue weighted by Gasteiger charge is -2.31. The highest BCUT2D eigenvalue weighted by Gasteiger charge is 2.27. The molecule has 1 fully saturated rings. The molecule has 0 radical (unpaired) electrons. The normalized spacial score (nSPS) is 15.5. The molecule has 1 aliphatic heterocycles. The highest BCUT2D eigenvalue weighted by atomic mass is 35.5. The summed E-state index contributed by atoms with van der Waals surface area (Å²) >= 11 is 5.96. The van der Waals surface area contributed by atoms with Crippen LogP contribution in [-0.2, 0) is 9.59 Å². The Morgan fingerprint density at radius 2 is 2.05 bits per heavy atom. The Bertz CT molecular complexity index is 554. The van der Waals surface area contributed by atoms with E-state index >= 15 is 0 Å². The first-order valence-corrected chi connectivity index (χ1v) is 7.85. The molecule has 0 spiro atoms. The molecular formula is C16H21ClN2O3. The first-order valence-electron chi connectivity index (χ1n) is 7.47. The van der Waals surface area contributed by atoms with Crippen LogP contribution >= 0.6 is 11.6 Å². The summed E-state index contributed by atoms with van der Waals surface area (Å²) in [5.74, 6) is 0.584. The summed E-state index contributed by atoms with van der Waals surface area (Å²) in [6.45, 7) is 3.13. The number of piperidine rings is 1. The van der Waals surface area contributed by atoms with E-state index in [0.717, 1.165) is 0 Å². The molecule has 1 aliphatic rings. The molecule has 0 unspecified atom stereocenters. The third-order valence-corrected chi connectivity index (χ3v) is 4.18. The lowest BCUT2D eigenvalue weighted by molar-refractivity contribution is -0.134. The minimum Gasteiger partial charge on any atom is -0.495 e. The van der Waals surface area contributed by atoms with E-state index in [4.69, 9.17) is 16.3 Å². The van der Waals surface area contributed by atoms with Crippen molar-refractivity contribution in [2.24, 2.45) is 5.92 Å². The van der Waals surface area contributed by atoms with Gasteiger partial charge < -0.3 is 15.0 Å². The molecular weight excluding hydrogens is 304 g/mol. The summed E-state index contributed by atoms with van der Waals surface area (Å²) in [6.07, 6.45) is 1.87. The van der Waals surface area contributed by atoms with E-state index in [-0.39, 0.29) is 17.7 Å². The molecule has 0 aromatic heterocycles. The SMILES string of the molecule is CCC(=O)N1CCC(C(=O)Nc2cc(Cl)ccc2OC)CC1. The van der Waals surface area contributed by atoms with Gasteiger partial charge in [0.05, 0.1) is 12.8 Å². The number of carbonyl (C=O) groups is 2. The maximum atomic E-state index is 12.4. The molecule has 1 saturated heterocycles. The van der Waals surface area contributed by atoms with Gasteiger partial charge in [-0.1, -0.05) is 18.5 Å². The van der Waals surface area contributed by atoms with Crippen molar-refractivity contribution in [2.75, 3.05) is 25.5 Å². The van der Waals surface area contributed by atoms with Gasteiger partial charge in [0.1, 0.15) is 5.75 Å². The van der Waals surface area contributed by atoms with E-state index < -0.39 is 0 Å². The molecule has 1 aromatic rings. The van der Waals surface area contributed by atoms with Crippen LogP contribution in [0.5, 0.6) is 5.75 Å². The fourth-order valence-electron chi connectivity index (χ4n) is 2.63. The lowest BCUT2D eigenvalue weighted by Crippen LogP contribution is -2.41. The molecule has 120 valence electrons. The van der Waals surface area contributed by atoms with Gasteiger partial charge in [0.2, 0.25) is 11.8 Å². The highest BCUT2D eigenvalue weighted by molar-refractivity contribution is 6.31. The average molecular weight is 325 g/mol. The molecule has 2 amide bonds. The zero-order valence-corrected chi connectivity index (χ0v) is 13.7. The van der Waals surface area contributed by atoms with E-state index in [1.807, 2.05) is 11.8 Å². The van der Waals surface area contributed by atoms with E-state index in [0.29, 0.717) is 48.8 Å². The van der Waals surface area contributed by atoms with Crippen LogP contribution in [0.3, 0.4) is 0 Å². The van der Waals surface area contributed by atoms with Gasteiger partial charge >= 0.3 is 0 Å². The molecule has 6 heteroatoms. The summed E-state index contributed by atoms with van der Waals surface area (Å²) in [5, 5.41) is 3.42. The lowest BCUT2D eigenvalue weighted by atomic mass is 9.95. The molecule has 0 atom stereocenters. The minimum atomic E-state index is -0.0930. The number of likely N-dealkylation sites (tertiary alicyclic amines) is 1. The molecule has 1 N–H and O–H groups in total. The number of halogens is 1. The molecule has 1 heterocycles. The monoisotopic (exact) mass is 324 g/mol. The smallest absolute Gasteiger partial charge is 0.227 e. The van der Waals surface area contributed by atoms with Crippen molar-refractivity contribution in [2.45, 2.75) is 26.2 Å². The summed E-state index contributed by atoms with van der Waals surface area (Å²) in [5.41, 5.74) is 0.576. The maximum Gasteiger partial charge on any atom is 0.227 e. The van der Waals surface area contributed by atoms with E-state index in [2.05, 4.69) is 5.32 Å². The van der Waals surface area contributed by atoms with Crippen LogP contribution in [0.4, 0.5) is 5.69 Å². The number of benzene rings is 1. The quantitative estimate of drug-likeness (QED) is 0.926. The Morgan fingerprint density at radius 1 is 1.36 bits per heavy atom. The van der Waals surface area contributed by atoms with Crippen molar-refractivity contribution in [1.82, 2.24) is 4.90 Å². The standard InChI is InChI=1S/C16H21ClN2O3/c1-3-15(20)19-8-6-11(7-9-19)16(21)18-13-10-12(17)4-5-14(13)22-2/h4-5,10-11H,3,6-9H2,1-2H3,(H,18,21). The van der Waals surface area contributed by atoms with Crippen LogP contribution in [0, 0.1) is 5.92 Å². The van der Waals surface area contributed by atoms with Crippen LogP contribution in [-0.4, -0.2) is 36.9 Å². The Kier molecular flexibility index (Phi) is 5.66. The first kappa shape index (κ1) is 16.6. The second-order valence-corrected chi connectivity index (χ2v) is 5.78. The molecule has 1 aromatic carbocycles. The summed E-state index contributed by atoms with van der Waals surface area (Å²) in [6, 6.07) is 5.11. The minimum absolute atomic E-state index is 0.0517. The number of nitrogens with one attached hydrogen (secondary N) is 1. The molecule has 5 nitrogen and oxygen atoms in total. The number of methoxy groups -OCH3 is 1. The number of hydrogen-bond donors (Lipinski definition) is 1. The van der Waals surface area contributed by atoms with Crippen LogP contribution in [0.25, 0.3) is 0 Å². The van der Waals surface area contributed by atoms with Crippen molar-refractivity contribution in [1.29, 1.82) is 0 Å². The van der Waals surface area contributed by atoms with E-state index in [1.165, 1.54) is 0 Å². The fourth-order valence-corrected chi connectivity index (χ4v) is 2.80. The second kappa shape index (κ2) is 7.49. The third kappa shape index (κ3) is 3.91. The van der Waals surface area contributed by atoms with Crippen LogP contribution < -0.4 is 10.1 Å². The predicted octanol–water partition coefficient (Wildman–Crippen LogP) is 2.94. The number of ether oxygens (including phenoxy) is 1. The van der Waals surface area contributed by atoms with Crippen molar-refractivity contribution in [3.63, 3.8) is 0 Å². The van der Waals surface area contributed by atoms with E-state index in [1.54, 1.807) is 25.3 Å². The molecule has 0 bridgehead atoms. The van der Waals surface area contributed by atoms with E-state index in [9.17, 15) is 9.59 Å². The Labute approximate surface area is 135 Å². The number of rotatable bonds is 4. The average Bonchev–Trinajstić information content (AvgIpc) is 2.54. The molecule has 0 aliphatic carbocycles. The third-order valence-electron chi connectivity index (χ3n) is 3.94. The van der Waals surface area contributed by atoms with Crippen LogP contribution in [0.15, 0.2) is 18.2 Å². The fraction of sp³-hybridized carbons (Fsp3) is 0.500. The topological polar surface area (TPSA) is 58.6 Å². The van der Waals surface area contributed by atoms with Gasteiger partial charge in [0, 0.05) is 30.5 Å². The van der Waals surface area contributed by atoms with Crippen molar-refractivity contribution in [3.05, 3.63) is 23.2 Å². The van der Waals surface area contributed by atoms with Gasteiger partial charge in [0.25, 0.3) is 0 Å². The van der Waals surface area contributed by atoms with Gasteiger partial charge in [-0.15, -0.1) is 0 Å². The second-order valence-electron chi connectivity index (χ2n) is 5.34. The van der Waals surface area contributed by atoms with Crippen molar-refractivity contribution < 1.29 is 14.3 Å². The number of anilines is 1. The molecule has 0 saturated carbocycles. The highest BCUT2D eigenvalue weighted by Crippen LogP contribution is 2.29. The predicted molar refractivity (Wildman–Crippen MR) is 86.2 cm³/mol. The number of amides is 2. The largest absolute Gasteiger partial charge is 0.495 e. The van der Waals surface area contributed by atoms with Gasteiger partial charge in [-0.05, 0) is 31.0 Å². The van der Waals surface area contributed by atoms with Crippen LogP contribution in [0.2, 0.25) is 5.02 Å².